The maximum absolute atomic E-state index is 14.8. The first-order valence-corrected chi connectivity index (χ1v) is 47.2. The molecular weight excluding hydrogens is 1830 g/mol. The lowest BCUT2D eigenvalue weighted by molar-refractivity contribution is -0.123. The van der Waals surface area contributed by atoms with Crippen molar-refractivity contribution in [2.24, 2.45) is 112 Å². The van der Waals surface area contributed by atoms with Gasteiger partial charge in [0.05, 0.1) is 0 Å². The van der Waals surface area contributed by atoms with Gasteiger partial charge in [0.25, 0.3) is 47.3 Å². The summed E-state index contributed by atoms with van der Waals surface area (Å²) in [6, 6.07) is 13.8. The van der Waals surface area contributed by atoms with Crippen LogP contribution >= 0.6 is 0 Å². The molecule has 17 rings (SSSR count). The highest BCUT2D eigenvalue weighted by molar-refractivity contribution is 5.86. The summed E-state index contributed by atoms with van der Waals surface area (Å²) in [6.07, 6.45) is 103. The lowest BCUT2D eigenvalue weighted by Gasteiger charge is -2.35. The summed E-state index contributed by atoms with van der Waals surface area (Å²) in [5, 5.41) is 34.7. The molecule has 13 aliphatic carbocycles. The number of nitrogens with zero attached hydrogens (tertiary/aromatic N) is 8. The fourth-order valence-electron chi connectivity index (χ4n) is 17.7. The number of hydrazone groups is 8. The number of amides is 8. The highest BCUT2D eigenvalue weighted by atomic mass is 16.5. The van der Waals surface area contributed by atoms with Gasteiger partial charge in [-0.05, 0) is 24.3 Å². The van der Waals surface area contributed by atoms with Gasteiger partial charge in [0.15, 0.2) is 52.9 Å². The standard InChI is InChI=1S/C112H104N16O16/c129-101(121-113-57-73-25-1-2-26-73)65-137-93-53-94(138-66-102(130)122-114-58-74-27-3-4-28-74)86-49-85(93)109(81-41-17-18-42-81)87-50-88(96(140-68-104(132)124-116-60-76-31-7-8-32-76)54-95(87)139-67-103(131)123-115-59-75-29-5-6-30-75)111(83-45-21-22-46-83)91-52-92(100(144-72-108(136)128-120-64-80-39-15-16-40-80)56-99(91)143-71-107(135)127-119-63-79-37-13-14-38-79)112(84-47-23-24-48-84)90-51-89(110(86)82-43-19-20-44-82)97(141-69-105(133)125-117-61-77-33-9-10-34-77)55-98(90)142-70-106(134)126-118-62-78-35-11-12-36-78/h1-64,73-84,109-112H,65-72H2,(H,121,129)(H,122,130)(H,123,131)(H,124,132)(H,125,133)(H,126,134)(H,127,135)(H,128,136)/b113-57+,114-58+,115-59+,116-60+,117-61+,118-62+,119-63+,120-64+. The van der Waals surface area contributed by atoms with Crippen molar-refractivity contribution in [1.82, 2.24) is 43.4 Å². The molecule has 4 aromatic rings. The van der Waals surface area contributed by atoms with Gasteiger partial charge in [0.1, 0.15) is 46.0 Å². The molecule has 4 aromatic carbocycles. The second-order valence-corrected chi connectivity index (χ2v) is 34.6. The van der Waals surface area contributed by atoms with Crippen LogP contribution in [0.2, 0.25) is 0 Å². The van der Waals surface area contributed by atoms with E-state index in [1.807, 2.05) is 316 Å². The molecule has 0 unspecified atom stereocenters. The lowest BCUT2D eigenvalue weighted by Crippen LogP contribution is -2.28. The molecule has 13 aliphatic rings. The zero-order valence-corrected chi connectivity index (χ0v) is 78.0. The van der Waals surface area contributed by atoms with Crippen LogP contribution in [0.1, 0.15) is 68.2 Å². The molecule has 0 aromatic heterocycles. The minimum atomic E-state index is -1.14. The number of benzene rings is 4. The number of allylic oxidation sites excluding steroid dienone is 48. The molecule has 8 bridgehead atoms. The van der Waals surface area contributed by atoms with Crippen LogP contribution in [0.4, 0.5) is 0 Å². The second kappa shape index (κ2) is 49.1. The van der Waals surface area contributed by atoms with Gasteiger partial charge in [-0.25, -0.2) is 43.4 Å². The molecule has 0 fully saturated rings. The summed E-state index contributed by atoms with van der Waals surface area (Å²) >= 11 is 0. The molecule has 8 amide bonds. The minimum Gasteiger partial charge on any atom is -0.483 e. The maximum atomic E-state index is 14.8. The van der Waals surface area contributed by atoms with Gasteiger partial charge in [0, 0.05) is 213 Å². The third-order valence-corrected chi connectivity index (χ3v) is 24.5. The van der Waals surface area contributed by atoms with Crippen LogP contribution in [0.25, 0.3) is 0 Å². The Kier molecular flexibility index (Phi) is 33.4. The van der Waals surface area contributed by atoms with E-state index in [0.717, 1.165) is 0 Å². The third kappa shape index (κ3) is 26.6. The van der Waals surface area contributed by atoms with Gasteiger partial charge < -0.3 is 37.9 Å². The molecule has 0 heterocycles. The monoisotopic (exact) mass is 1930 g/mol. The third-order valence-electron chi connectivity index (χ3n) is 24.5. The Morgan fingerprint density at radius 1 is 0.174 bits per heavy atom. The average Bonchev–Trinajstić information content (AvgIpc) is 0.880. The van der Waals surface area contributed by atoms with Crippen molar-refractivity contribution in [2.75, 3.05) is 52.9 Å². The Morgan fingerprint density at radius 3 is 0.403 bits per heavy atom. The molecule has 8 N–H and O–H groups in total. The van der Waals surface area contributed by atoms with E-state index in [1.165, 1.54) is 0 Å². The van der Waals surface area contributed by atoms with E-state index < -0.39 is 147 Å². The fraction of sp³-hybridized carbons (Fsp3) is 0.214. The quantitative estimate of drug-likeness (QED) is 0.0151. The first-order valence-electron chi connectivity index (χ1n) is 47.2. The van der Waals surface area contributed by atoms with Crippen molar-refractivity contribution in [3.8, 4) is 46.0 Å². The molecule has 0 radical (unpaired) electrons. The number of carbonyl (C=O) groups excluding carboxylic acids is 8. The van der Waals surface area contributed by atoms with Crippen molar-refractivity contribution >= 4 is 97.0 Å². The number of ether oxygens (including phenoxy) is 8. The Bertz CT molecular complexity index is 5390. The molecule has 728 valence electrons. The topological polar surface area (TPSA) is 406 Å². The van der Waals surface area contributed by atoms with Gasteiger partial charge in [-0.15, -0.1) is 0 Å². The average molecular weight is 1930 g/mol. The van der Waals surface area contributed by atoms with Gasteiger partial charge in [-0.1, -0.05) is 292 Å². The first kappa shape index (κ1) is 97.8. The number of hydrogen-bond acceptors (Lipinski definition) is 24. The molecule has 0 atom stereocenters. The van der Waals surface area contributed by atoms with Gasteiger partial charge in [-0.2, -0.15) is 40.8 Å². The van der Waals surface area contributed by atoms with Crippen LogP contribution in [0, 0.1) is 71.0 Å². The van der Waals surface area contributed by atoms with Crippen LogP contribution in [0.3, 0.4) is 0 Å². The molecule has 0 saturated carbocycles. The van der Waals surface area contributed by atoms with Gasteiger partial charge in [-0.3, -0.25) is 38.4 Å². The predicted octanol–water partition coefficient (Wildman–Crippen LogP) is 13.3. The number of hydrogen-bond donors (Lipinski definition) is 8. The van der Waals surface area contributed by atoms with E-state index in [-0.39, 0.29) is 93.3 Å². The van der Waals surface area contributed by atoms with E-state index in [4.69, 9.17) is 37.9 Å². The van der Waals surface area contributed by atoms with Gasteiger partial charge in [0.2, 0.25) is 0 Å². The van der Waals surface area contributed by atoms with E-state index in [2.05, 4.69) is 84.2 Å². The summed E-state index contributed by atoms with van der Waals surface area (Å²) in [7, 11) is 0. The van der Waals surface area contributed by atoms with E-state index in [0.29, 0.717) is 44.5 Å². The Labute approximate surface area is 831 Å². The Morgan fingerprint density at radius 2 is 0.285 bits per heavy atom. The Hall–Kier alpha value is -17.8. The van der Waals surface area contributed by atoms with Crippen LogP contribution < -0.4 is 81.3 Å². The van der Waals surface area contributed by atoms with Crippen molar-refractivity contribution < 1.29 is 76.3 Å². The molecule has 32 heteroatoms. The number of rotatable bonds is 44. The molecular formula is C112H104N16O16. The summed E-state index contributed by atoms with van der Waals surface area (Å²) in [5.74, 6) is -15.0. The molecule has 32 nitrogen and oxygen atoms in total. The van der Waals surface area contributed by atoms with Crippen molar-refractivity contribution in [3.63, 3.8) is 0 Å². The van der Waals surface area contributed by atoms with E-state index >= 15 is 0 Å². The second-order valence-electron chi connectivity index (χ2n) is 34.6. The number of carbonyl (C=O) groups is 8. The highest BCUT2D eigenvalue weighted by Crippen LogP contribution is 2.57. The van der Waals surface area contributed by atoms with Crippen molar-refractivity contribution in [3.05, 3.63) is 385 Å². The normalized spacial score (nSPS) is 19.7. The number of fused-ring (bicyclic) bond motifs is 8. The largest absolute Gasteiger partial charge is 0.483 e. The van der Waals surface area contributed by atoms with Crippen LogP contribution in [-0.2, 0) is 38.4 Å². The fourth-order valence-corrected chi connectivity index (χ4v) is 17.7. The highest BCUT2D eigenvalue weighted by Gasteiger charge is 2.42. The summed E-state index contributed by atoms with van der Waals surface area (Å²) < 4.78 is 56.5. The van der Waals surface area contributed by atoms with Crippen LogP contribution in [0.5, 0.6) is 46.0 Å². The van der Waals surface area contributed by atoms with E-state index in [9.17, 15) is 38.4 Å². The van der Waals surface area contributed by atoms with Crippen LogP contribution in [0.15, 0.2) is 381 Å². The smallest absolute Gasteiger partial charge is 0.277 e. The summed E-state index contributed by atoms with van der Waals surface area (Å²) in [6.45, 7) is -5.64. The predicted molar refractivity (Wildman–Crippen MR) is 551 cm³/mol. The molecule has 0 spiro atoms. The zero-order chi connectivity index (χ0) is 99.0. The number of nitrogens with one attached hydrogen (secondary N) is 8. The molecule has 144 heavy (non-hydrogen) atoms. The Balaban J connectivity index is 0.960. The minimum absolute atomic E-state index is 0.00327. The SMILES string of the molecule is O=C(COc1cc(OCC(=O)N/N=C/C2C=CC=C2)c2cc1C(C1C=CC=C1)c1cc(c(OCC(=O)N/N=C/C3C=CC=C3)cc1OCC(=O)N/N=C/C1C=CC=C1)C(C1C=CC=C1)c1cc(c(OCC(=O)N/N=C/C3C=CC=C3)cc1OCC(=O)N/N=C/C1C=CC=C1)C(C1C=CC=C1)c1cc(c(OCC(=O)N/N=C/C3C=CC=C3)cc1OCC(=O)N/N=C/C1C=CC=C1)C2C1C=CC=C1)N/N=C/C1C=CC=C1. The molecule has 0 aliphatic heterocycles. The van der Waals surface area contributed by atoms with Gasteiger partial charge >= 0.3 is 0 Å². The van der Waals surface area contributed by atoms with E-state index in [1.54, 1.807) is 74.0 Å². The zero-order valence-electron chi connectivity index (χ0n) is 78.0. The summed E-state index contributed by atoms with van der Waals surface area (Å²) in [5.41, 5.74) is 23.6. The summed E-state index contributed by atoms with van der Waals surface area (Å²) in [4.78, 5) is 118. The van der Waals surface area contributed by atoms with Crippen molar-refractivity contribution in [1.29, 1.82) is 0 Å². The molecule has 0 saturated heterocycles. The lowest BCUT2D eigenvalue weighted by atomic mass is 9.72. The van der Waals surface area contributed by atoms with Crippen molar-refractivity contribution in [2.45, 2.75) is 23.7 Å². The first-order chi connectivity index (χ1) is 70.7. The van der Waals surface area contributed by atoms with Crippen LogP contribution in [-0.4, -0.2) is 150 Å². The maximum Gasteiger partial charge on any atom is 0.277 e.